The number of rotatable bonds is 2. The summed E-state index contributed by atoms with van der Waals surface area (Å²) >= 11 is 0. The van der Waals surface area contributed by atoms with Crippen LogP contribution in [0.2, 0.25) is 0 Å². The third-order valence-electron chi connectivity index (χ3n) is 2.31. The van der Waals surface area contributed by atoms with Crippen LogP contribution in [-0.2, 0) is 0 Å². The molecule has 0 fully saturated rings. The van der Waals surface area contributed by atoms with Gasteiger partial charge in [0.05, 0.1) is 14.2 Å². The average molecular weight is 219 g/mol. The molecular formula is C12H11O4. The molecule has 0 unspecified atom stereocenters. The molecule has 0 saturated heterocycles. The Kier molecular flexibility index (Phi) is 2.56. The Morgan fingerprint density at radius 2 is 1.75 bits per heavy atom. The van der Waals surface area contributed by atoms with E-state index >= 15 is 0 Å². The lowest BCUT2D eigenvalue weighted by molar-refractivity contribution is 0.355. The fourth-order valence-electron chi connectivity index (χ4n) is 1.49. The van der Waals surface area contributed by atoms with Crippen molar-refractivity contribution in [3.8, 4) is 11.5 Å². The van der Waals surface area contributed by atoms with Gasteiger partial charge in [-0.15, -0.1) is 0 Å². The Hall–Kier alpha value is -1.97. The SMILES string of the molecule is [CH2]c1cc2cc(OC)c(OC)cc2oc1=O. The van der Waals surface area contributed by atoms with Crippen molar-refractivity contribution in [1.29, 1.82) is 0 Å². The van der Waals surface area contributed by atoms with Gasteiger partial charge in [0.25, 0.3) is 0 Å². The summed E-state index contributed by atoms with van der Waals surface area (Å²) in [5.41, 5.74) is 0.328. The summed E-state index contributed by atoms with van der Waals surface area (Å²) in [5, 5.41) is 0.752. The Balaban J connectivity index is 2.78. The molecule has 1 radical (unpaired) electrons. The summed E-state index contributed by atoms with van der Waals surface area (Å²) in [6.07, 6.45) is 0. The van der Waals surface area contributed by atoms with Gasteiger partial charge in [-0.2, -0.15) is 0 Å². The predicted octanol–water partition coefficient (Wildman–Crippen LogP) is 1.99. The number of methoxy groups -OCH3 is 2. The molecule has 1 aromatic carbocycles. The fraction of sp³-hybridized carbons (Fsp3) is 0.167. The molecular weight excluding hydrogens is 208 g/mol. The maximum atomic E-state index is 11.3. The number of benzene rings is 1. The van der Waals surface area contributed by atoms with Crippen LogP contribution in [0.3, 0.4) is 0 Å². The lowest BCUT2D eigenvalue weighted by atomic mass is 10.2. The van der Waals surface area contributed by atoms with Crippen molar-refractivity contribution >= 4 is 11.0 Å². The van der Waals surface area contributed by atoms with Gasteiger partial charge in [-0.3, -0.25) is 0 Å². The van der Waals surface area contributed by atoms with Crippen LogP contribution in [-0.4, -0.2) is 14.2 Å². The first-order valence-corrected chi connectivity index (χ1v) is 4.67. The zero-order valence-electron chi connectivity index (χ0n) is 9.07. The summed E-state index contributed by atoms with van der Waals surface area (Å²) in [7, 11) is 3.07. The van der Waals surface area contributed by atoms with Crippen molar-refractivity contribution in [2.45, 2.75) is 0 Å². The Morgan fingerprint density at radius 3 is 2.38 bits per heavy atom. The number of fused-ring (bicyclic) bond motifs is 1. The Labute approximate surface area is 92.4 Å². The van der Waals surface area contributed by atoms with Crippen molar-refractivity contribution in [2.24, 2.45) is 0 Å². The summed E-state index contributed by atoms with van der Waals surface area (Å²) in [5.74, 6) is 1.11. The van der Waals surface area contributed by atoms with Crippen molar-refractivity contribution in [3.05, 3.63) is 41.1 Å². The maximum Gasteiger partial charge on any atom is 0.339 e. The largest absolute Gasteiger partial charge is 0.493 e. The van der Waals surface area contributed by atoms with Gasteiger partial charge in [-0.25, -0.2) is 4.79 Å². The van der Waals surface area contributed by atoms with Crippen LogP contribution in [0.15, 0.2) is 27.4 Å². The maximum absolute atomic E-state index is 11.3. The average Bonchev–Trinajstić information content (AvgIpc) is 2.29. The monoisotopic (exact) mass is 219 g/mol. The smallest absolute Gasteiger partial charge is 0.339 e. The first kappa shape index (κ1) is 10.5. The van der Waals surface area contributed by atoms with Crippen LogP contribution in [0.25, 0.3) is 11.0 Å². The number of hydrogen-bond acceptors (Lipinski definition) is 4. The molecule has 0 saturated carbocycles. The lowest BCUT2D eigenvalue weighted by Crippen LogP contribution is -2.02. The van der Waals surface area contributed by atoms with E-state index in [-0.39, 0.29) is 0 Å². The van der Waals surface area contributed by atoms with Gasteiger partial charge in [0, 0.05) is 17.0 Å². The van der Waals surface area contributed by atoms with Crippen LogP contribution >= 0.6 is 0 Å². The predicted molar refractivity (Wildman–Crippen MR) is 60.0 cm³/mol. The lowest BCUT2D eigenvalue weighted by Gasteiger charge is -2.08. The quantitative estimate of drug-likeness (QED) is 0.725. The molecule has 1 aromatic heterocycles. The molecule has 0 spiro atoms. The van der Waals surface area contributed by atoms with E-state index in [1.165, 1.54) is 7.11 Å². The highest BCUT2D eigenvalue weighted by Gasteiger charge is 2.08. The van der Waals surface area contributed by atoms with Crippen LogP contribution in [0.1, 0.15) is 5.56 Å². The van der Waals surface area contributed by atoms with E-state index in [2.05, 4.69) is 6.92 Å². The molecule has 0 atom stereocenters. The van der Waals surface area contributed by atoms with Crippen LogP contribution in [0.5, 0.6) is 11.5 Å². The molecule has 0 N–H and O–H groups in total. The first-order valence-electron chi connectivity index (χ1n) is 4.67. The molecule has 2 aromatic rings. The van der Waals surface area contributed by atoms with Crippen LogP contribution < -0.4 is 15.1 Å². The highest BCUT2D eigenvalue weighted by atomic mass is 16.5. The molecule has 1 heterocycles. The van der Waals surface area contributed by atoms with Gasteiger partial charge in [-0.05, 0) is 19.1 Å². The van der Waals surface area contributed by atoms with E-state index in [4.69, 9.17) is 13.9 Å². The molecule has 0 aliphatic rings. The summed E-state index contributed by atoms with van der Waals surface area (Å²) in [4.78, 5) is 11.3. The summed E-state index contributed by atoms with van der Waals surface area (Å²) < 4.78 is 15.3. The van der Waals surface area contributed by atoms with E-state index in [0.717, 1.165) is 5.39 Å². The van der Waals surface area contributed by atoms with Gasteiger partial charge in [0.1, 0.15) is 5.58 Å². The first-order chi connectivity index (χ1) is 7.65. The third-order valence-corrected chi connectivity index (χ3v) is 2.31. The highest BCUT2D eigenvalue weighted by Crippen LogP contribution is 2.31. The van der Waals surface area contributed by atoms with Gasteiger partial charge >= 0.3 is 5.63 Å². The van der Waals surface area contributed by atoms with Crippen molar-refractivity contribution in [1.82, 2.24) is 0 Å². The second-order valence-electron chi connectivity index (χ2n) is 3.30. The zero-order chi connectivity index (χ0) is 11.7. The molecule has 0 aliphatic heterocycles. The van der Waals surface area contributed by atoms with E-state index in [0.29, 0.717) is 22.6 Å². The molecule has 2 rings (SSSR count). The van der Waals surface area contributed by atoms with Crippen molar-refractivity contribution in [3.63, 3.8) is 0 Å². The van der Waals surface area contributed by atoms with E-state index in [1.807, 2.05) is 0 Å². The van der Waals surface area contributed by atoms with E-state index < -0.39 is 5.63 Å². The minimum atomic E-state index is -0.445. The molecule has 16 heavy (non-hydrogen) atoms. The van der Waals surface area contributed by atoms with Gasteiger partial charge < -0.3 is 13.9 Å². The minimum absolute atomic E-state index is 0.319. The number of hydrogen-bond donors (Lipinski definition) is 0. The molecule has 0 bridgehead atoms. The van der Waals surface area contributed by atoms with Gasteiger partial charge in [0.15, 0.2) is 11.5 Å². The van der Waals surface area contributed by atoms with Crippen LogP contribution in [0, 0.1) is 6.92 Å². The summed E-state index contributed by atoms with van der Waals surface area (Å²) in [6, 6.07) is 5.02. The Morgan fingerprint density at radius 1 is 1.12 bits per heavy atom. The normalized spacial score (nSPS) is 10.4. The second-order valence-corrected chi connectivity index (χ2v) is 3.30. The number of ether oxygens (including phenoxy) is 2. The van der Waals surface area contributed by atoms with E-state index in [1.54, 1.807) is 25.3 Å². The standard InChI is InChI=1S/C12H11O4/c1-7-4-8-5-10(14-2)11(15-3)6-9(8)16-12(7)13/h4-6H,1H2,2-3H3. The molecule has 4 heteroatoms. The molecule has 0 amide bonds. The topological polar surface area (TPSA) is 48.7 Å². The van der Waals surface area contributed by atoms with E-state index in [9.17, 15) is 4.79 Å². The molecule has 83 valence electrons. The Bertz CT molecular complexity index is 583. The minimum Gasteiger partial charge on any atom is -0.493 e. The van der Waals surface area contributed by atoms with Crippen molar-refractivity contribution in [2.75, 3.05) is 14.2 Å². The van der Waals surface area contributed by atoms with Crippen molar-refractivity contribution < 1.29 is 13.9 Å². The third kappa shape index (κ3) is 1.62. The molecule has 0 aliphatic carbocycles. The molecule has 4 nitrogen and oxygen atoms in total. The fourth-order valence-corrected chi connectivity index (χ4v) is 1.49. The van der Waals surface area contributed by atoms with Gasteiger partial charge in [-0.1, -0.05) is 0 Å². The summed E-state index contributed by atoms with van der Waals surface area (Å²) in [6.45, 7) is 3.59. The van der Waals surface area contributed by atoms with Crippen LogP contribution in [0.4, 0.5) is 0 Å². The highest BCUT2D eigenvalue weighted by molar-refractivity contribution is 5.81. The van der Waals surface area contributed by atoms with Gasteiger partial charge in [0.2, 0.25) is 0 Å². The second kappa shape index (κ2) is 3.89. The zero-order valence-corrected chi connectivity index (χ0v) is 9.07.